The fraction of sp³-hybridized carbons (Fsp3) is 0.885. The first-order valence-electron chi connectivity index (χ1n) is 42.4. The maximum Gasteiger partial charge on any atom is 0.305 e. The Hall–Kier alpha value is -2.18. The molecule has 0 aromatic heterocycles. The van der Waals surface area contributed by atoms with E-state index >= 15 is 0 Å². The summed E-state index contributed by atoms with van der Waals surface area (Å²) in [6.45, 7) is 4.93. The van der Waals surface area contributed by atoms with Crippen LogP contribution in [0.25, 0.3) is 0 Å². The second-order valence-electron chi connectivity index (χ2n) is 29.2. The van der Waals surface area contributed by atoms with E-state index < -0.39 is 12.1 Å². The maximum absolute atomic E-state index is 12.5. The second kappa shape index (κ2) is 82.2. The molecule has 93 heavy (non-hydrogen) atoms. The van der Waals surface area contributed by atoms with Gasteiger partial charge in [-0.2, -0.15) is 0 Å². The van der Waals surface area contributed by atoms with Gasteiger partial charge < -0.3 is 20.3 Å². The topological polar surface area (TPSA) is 95.9 Å². The van der Waals surface area contributed by atoms with Crippen LogP contribution >= 0.6 is 0 Å². The van der Waals surface area contributed by atoms with Gasteiger partial charge in [-0.05, 0) is 89.9 Å². The lowest BCUT2D eigenvalue weighted by atomic mass is 10.0. The molecule has 0 fully saturated rings. The molecule has 0 radical (unpaired) electrons. The van der Waals surface area contributed by atoms with E-state index in [4.69, 9.17) is 4.74 Å². The number of aliphatic hydroxyl groups excluding tert-OH is 2. The molecule has 0 saturated heterocycles. The normalized spacial score (nSPS) is 12.7. The molecule has 0 aromatic rings. The Kier molecular flexibility index (Phi) is 80.3. The van der Waals surface area contributed by atoms with Gasteiger partial charge in [-0.1, -0.05) is 416 Å². The summed E-state index contributed by atoms with van der Waals surface area (Å²) in [6, 6.07) is -0.625. The van der Waals surface area contributed by atoms with Crippen LogP contribution in [0.15, 0.2) is 48.6 Å². The van der Waals surface area contributed by atoms with Gasteiger partial charge in [0.05, 0.1) is 25.4 Å². The summed E-state index contributed by atoms with van der Waals surface area (Å²) in [4.78, 5) is 24.7. The highest BCUT2D eigenvalue weighted by atomic mass is 16.5. The number of unbranched alkanes of at least 4 members (excludes halogenated alkanes) is 63. The van der Waals surface area contributed by atoms with Crippen molar-refractivity contribution in [2.75, 3.05) is 13.2 Å². The smallest absolute Gasteiger partial charge is 0.305 e. The molecule has 0 rings (SSSR count). The molecular weight excluding hydrogens is 1140 g/mol. The summed E-state index contributed by atoms with van der Waals surface area (Å²) >= 11 is 0. The first-order chi connectivity index (χ1) is 46.0. The van der Waals surface area contributed by atoms with Gasteiger partial charge >= 0.3 is 5.97 Å². The zero-order valence-corrected chi connectivity index (χ0v) is 63.0. The zero-order chi connectivity index (χ0) is 67.0. The molecule has 6 nitrogen and oxygen atoms in total. The molecular formula is C87H165NO5. The molecule has 548 valence electrons. The Morgan fingerprint density at radius 1 is 0.301 bits per heavy atom. The Morgan fingerprint density at radius 3 is 0.849 bits per heavy atom. The minimum Gasteiger partial charge on any atom is -0.466 e. The van der Waals surface area contributed by atoms with Crippen LogP contribution in [-0.2, 0) is 14.3 Å². The van der Waals surface area contributed by atoms with Crippen LogP contribution in [-0.4, -0.2) is 47.4 Å². The molecule has 2 unspecified atom stereocenters. The van der Waals surface area contributed by atoms with Crippen LogP contribution in [0.1, 0.15) is 470 Å². The fourth-order valence-electron chi connectivity index (χ4n) is 13.4. The maximum atomic E-state index is 12.5. The number of rotatable bonds is 80. The molecule has 1 amide bonds. The Bertz CT molecular complexity index is 1550. The number of amides is 1. The van der Waals surface area contributed by atoms with Crippen molar-refractivity contribution in [2.24, 2.45) is 0 Å². The van der Waals surface area contributed by atoms with Gasteiger partial charge in [0.2, 0.25) is 5.91 Å². The van der Waals surface area contributed by atoms with Crippen LogP contribution < -0.4 is 5.32 Å². The summed E-state index contributed by atoms with van der Waals surface area (Å²) in [5.74, 6) is -0.0407. The van der Waals surface area contributed by atoms with E-state index in [0.29, 0.717) is 19.4 Å². The zero-order valence-electron chi connectivity index (χ0n) is 63.0. The van der Waals surface area contributed by atoms with E-state index in [1.165, 1.54) is 398 Å². The minimum absolute atomic E-state index is 0.0191. The van der Waals surface area contributed by atoms with Crippen molar-refractivity contribution in [3.05, 3.63) is 48.6 Å². The van der Waals surface area contributed by atoms with E-state index in [-0.39, 0.29) is 18.5 Å². The number of carbonyl (C=O) groups is 2. The molecule has 2 atom stereocenters. The summed E-state index contributed by atoms with van der Waals surface area (Å²) < 4.78 is 5.52. The molecule has 0 aromatic carbocycles. The number of hydrogen-bond donors (Lipinski definition) is 3. The number of ether oxygens (including phenoxy) is 1. The molecule has 6 heteroatoms. The Labute approximate surface area is 582 Å². The minimum atomic E-state index is -0.842. The van der Waals surface area contributed by atoms with Gasteiger partial charge in [-0.15, -0.1) is 0 Å². The Morgan fingerprint density at radius 2 is 0.538 bits per heavy atom. The van der Waals surface area contributed by atoms with Gasteiger partial charge in [0.1, 0.15) is 0 Å². The number of carbonyl (C=O) groups excluding carboxylic acids is 2. The quantitative estimate of drug-likeness (QED) is 0.0320. The van der Waals surface area contributed by atoms with Gasteiger partial charge in [0.25, 0.3) is 0 Å². The number of nitrogens with one attached hydrogen (secondary N) is 1. The highest BCUT2D eigenvalue weighted by molar-refractivity contribution is 5.76. The molecule has 3 N–H and O–H groups in total. The van der Waals surface area contributed by atoms with Crippen molar-refractivity contribution in [3.63, 3.8) is 0 Å². The SMILES string of the molecule is CCCCC/C=C\C/C=C\CCCCCCCCCCCC(=O)OCCCCCCCCCCCCCCCCCCCC/C=C\CCCCCCCCCCCCCCCCCCCC(=O)NC(CO)C(O)/C=C/CCCCCCCCCCCCCCCCCC. The fourth-order valence-corrected chi connectivity index (χ4v) is 13.4. The average Bonchev–Trinajstić information content (AvgIpc) is 3.68. The van der Waals surface area contributed by atoms with Crippen LogP contribution in [0.3, 0.4) is 0 Å². The van der Waals surface area contributed by atoms with Crippen LogP contribution in [0.4, 0.5) is 0 Å². The Balaban J connectivity index is 3.33. The van der Waals surface area contributed by atoms with E-state index in [2.05, 4.69) is 55.6 Å². The number of aliphatic hydroxyl groups is 2. The monoisotopic (exact) mass is 1300 g/mol. The largest absolute Gasteiger partial charge is 0.466 e. The highest BCUT2D eigenvalue weighted by Crippen LogP contribution is 2.20. The van der Waals surface area contributed by atoms with Crippen molar-refractivity contribution >= 4 is 11.9 Å². The van der Waals surface area contributed by atoms with E-state index in [1.807, 2.05) is 6.08 Å². The third kappa shape index (κ3) is 78.7. The first kappa shape index (κ1) is 90.8. The van der Waals surface area contributed by atoms with Crippen LogP contribution in [0.5, 0.6) is 0 Å². The molecule has 0 aliphatic rings. The molecule has 0 aliphatic carbocycles. The summed E-state index contributed by atoms with van der Waals surface area (Å²) in [5.41, 5.74) is 0. The highest BCUT2D eigenvalue weighted by Gasteiger charge is 2.18. The standard InChI is InChI=1S/C87H165NO5/c1-3-5-7-9-11-13-15-17-19-21-44-49-53-57-61-65-69-73-77-81-87(92)93-82-78-74-70-66-62-58-54-50-46-43-41-39-37-35-33-31-29-27-25-23-24-26-28-30-32-34-36-38-40-42-45-48-52-56-60-64-68-72-76-80-86(91)88-84(83-89)85(90)79-75-71-67-63-59-55-51-47-22-20-18-16-14-12-10-8-6-4-2/h11,13,17,19,23-24,75,79,84-85,89-90H,3-10,12,14-16,18,20-22,25-74,76-78,80-83H2,1-2H3,(H,88,91)/b13-11-,19-17-,24-23-,79-75+. The first-order valence-corrected chi connectivity index (χ1v) is 42.4. The number of hydrogen-bond acceptors (Lipinski definition) is 5. The molecule has 0 bridgehead atoms. The van der Waals surface area contributed by atoms with Crippen molar-refractivity contribution < 1.29 is 24.5 Å². The van der Waals surface area contributed by atoms with E-state index in [0.717, 1.165) is 44.9 Å². The lowest BCUT2D eigenvalue weighted by Gasteiger charge is -2.20. The van der Waals surface area contributed by atoms with Crippen molar-refractivity contribution in [1.29, 1.82) is 0 Å². The lowest BCUT2D eigenvalue weighted by Crippen LogP contribution is -2.45. The summed E-state index contributed by atoms with van der Waals surface area (Å²) in [7, 11) is 0. The van der Waals surface area contributed by atoms with Crippen LogP contribution in [0.2, 0.25) is 0 Å². The van der Waals surface area contributed by atoms with Crippen molar-refractivity contribution in [2.45, 2.75) is 482 Å². The molecule has 0 heterocycles. The predicted molar refractivity (Wildman–Crippen MR) is 412 cm³/mol. The third-order valence-corrected chi connectivity index (χ3v) is 19.8. The van der Waals surface area contributed by atoms with Gasteiger partial charge in [0.15, 0.2) is 0 Å². The number of allylic oxidation sites excluding steroid dienone is 7. The second-order valence-corrected chi connectivity index (χ2v) is 29.2. The van der Waals surface area contributed by atoms with E-state index in [1.54, 1.807) is 6.08 Å². The summed E-state index contributed by atoms with van der Waals surface area (Å²) in [6.07, 6.45) is 110. The van der Waals surface area contributed by atoms with Crippen molar-refractivity contribution in [1.82, 2.24) is 5.32 Å². The average molecular weight is 1310 g/mol. The molecule has 0 spiro atoms. The van der Waals surface area contributed by atoms with Gasteiger partial charge in [-0.3, -0.25) is 9.59 Å². The molecule has 0 saturated carbocycles. The van der Waals surface area contributed by atoms with Crippen molar-refractivity contribution in [3.8, 4) is 0 Å². The third-order valence-electron chi connectivity index (χ3n) is 19.8. The molecule has 0 aliphatic heterocycles. The number of esters is 1. The predicted octanol–water partition coefficient (Wildman–Crippen LogP) is 28.3. The van der Waals surface area contributed by atoms with Crippen LogP contribution in [0, 0.1) is 0 Å². The van der Waals surface area contributed by atoms with E-state index in [9.17, 15) is 19.8 Å². The summed E-state index contributed by atoms with van der Waals surface area (Å²) in [5, 5.41) is 23.3. The lowest BCUT2D eigenvalue weighted by molar-refractivity contribution is -0.143. The van der Waals surface area contributed by atoms with Gasteiger partial charge in [-0.25, -0.2) is 0 Å². The van der Waals surface area contributed by atoms with Gasteiger partial charge in [0, 0.05) is 12.8 Å².